The van der Waals surface area contributed by atoms with Gasteiger partial charge < -0.3 is 24.6 Å². The molecule has 0 saturated carbocycles. The molecule has 0 unspecified atom stereocenters. The van der Waals surface area contributed by atoms with E-state index in [0.717, 1.165) is 0 Å². The number of aliphatic hydroxyl groups excluding tert-OH is 1. The zero-order valence-electron chi connectivity index (χ0n) is 27.6. The maximum atomic E-state index is 15.0. The molecule has 2 N–H and O–H groups in total. The second-order valence-corrected chi connectivity index (χ2v) is 16.9. The van der Waals surface area contributed by atoms with Crippen molar-refractivity contribution in [1.29, 1.82) is 0 Å². The third kappa shape index (κ3) is 9.74. The maximum Gasteiger partial charge on any atom is 0.407 e. The van der Waals surface area contributed by atoms with E-state index in [-0.39, 0.29) is 31.2 Å². The number of hydrogen-bond donors (Lipinski definition) is 2. The van der Waals surface area contributed by atoms with Gasteiger partial charge in [0.25, 0.3) is 0 Å². The van der Waals surface area contributed by atoms with Crippen LogP contribution in [-0.4, -0.2) is 83.1 Å². The number of benzene rings is 3. The summed E-state index contributed by atoms with van der Waals surface area (Å²) in [6.45, 7) is 3.79. The standard InChI is InChI=1S/C32H38IN5O9S2/c1-32(2,3)47-31(40)36-23(18-39)19-48(41,42)27-15-14-26(33)28(30-34-20-35-37-30)29(27)49(43,44)38(16-21-6-10-24(45-4)11-7-21)17-22-8-12-25(46-5)13-9-22/h6-15,23,39H,16-20H2,1-5H3,(H,36,40)/t23-/m0/s1. The van der Waals surface area contributed by atoms with E-state index in [1.165, 1.54) is 30.7 Å². The van der Waals surface area contributed by atoms with Crippen molar-refractivity contribution in [2.24, 2.45) is 15.2 Å². The molecule has 0 aliphatic carbocycles. The Morgan fingerprint density at radius 2 is 1.49 bits per heavy atom. The van der Waals surface area contributed by atoms with Gasteiger partial charge in [0.05, 0.1) is 43.1 Å². The van der Waals surface area contributed by atoms with Crippen LogP contribution in [0.3, 0.4) is 0 Å². The fraction of sp³-hybridized carbons (Fsp3) is 0.375. The van der Waals surface area contributed by atoms with Crippen molar-refractivity contribution in [1.82, 2.24) is 9.62 Å². The number of alkyl carbamates (subject to hydrolysis) is 1. The molecule has 3 aromatic rings. The molecule has 0 fully saturated rings. The molecule has 17 heteroatoms. The van der Waals surface area contributed by atoms with Gasteiger partial charge in [-0.1, -0.05) is 24.3 Å². The summed E-state index contributed by atoms with van der Waals surface area (Å²) in [4.78, 5) is 15.6. The number of carbonyl (C=O) groups is 1. The van der Waals surface area contributed by atoms with Crippen molar-refractivity contribution >= 4 is 54.4 Å². The van der Waals surface area contributed by atoms with E-state index in [4.69, 9.17) is 14.2 Å². The molecule has 0 aromatic heterocycles. The van der Waals surface area contributed by atoms with Crippen LogP contribution in [-0.2, 0) is 37.7 Å². The van der Waals surface area contributed by atoms with Gasteiger partial charge in [-0.3, -0.25) is 0 Å². The van der Waals surface area contributed by atoms with Crippen molar-refractivity contribution in [3.63, 3.8) is 0 Å². The molecular weight excluding hydrogens is 789 g/mol. The average molecular weight is 828 g/mol. The summed E-state index contributed by atoms with van der Waals surface area (Å²) in [5, 5.41) is 20.3. The van der Waals surface area contributed by atoms with Crippen LogP contribution in [0.2, 0.25) is 0 Å². The van der Waals surface area contributed by atoms with Crippen molar-refractivity contribution in [3.05, 3.63) is 80.9 Å². The van der Waals surface area contributed by atoms with Gasteiger partial charge in [0, 0.05) is 16.7 Å². The number of nitrogens with zero attached hydrogens (tertiary/aromatic N) is 4. The molecule has 0 bridgehead atoms. The quantitative estimate of drug-likeness (QED) is 0.221. The molecule has 0 saturated heterocycles. The van der Waals surface area contributed by atoms with Crippen LogP contribution < -0.4 is 14.8 Å². The van der Waals surface area contributed by atoms with Crippen molar-refractivity contribution in [2.75, 3.05) is 33.2 Å². The number of sulfonamides is 1. The van der Waals surface area contributed by atoms with Gasteiger partial charge in [-0.25, -0.2) is 26.6 Å². The highest BCUT2D eigenvalue weighted by Gasteiger charge is 2.38. The first-order valence-corrected chi connectivity index (χ1v) is 19.1. The Kier molecular flexibility index (Phi) is 12.4. The number of aliphatic hydroxyl groups is 1. The van der Waals surface area contributed by atoms with E-state index in [0.29, 0.717) is 26.2 Å². The van der Waals surface area contributed by atoms with Crippen LogP contribution in [0.4, 0.5) is 4.79 Å². The number of halogens is 1. The number of ether oxygens (including phenoxy) is 3. The molecule has 3 aromatic carbocycles. The molecule has 264 valence electrons. The topological polar surface area (TPSA) is 186 Å². The van der Waals surface area contributed by atoms with Crippen molar-refractivity contribution in [3.8, 4) is 11.5 Å². The average Bonchev–Trinajstić information content (AvgIpc) is 3.58. The first-order valence-electron chi connectivity index (χ1n) is 14.9. The number of methoxy groups -OCH3 is 2. The molecule has 0 spiro atoms. The first kappa shape index (κ1) is 38.2. The zero-order valence-corrected chi connectivity index (χ0v) is 31.4. The number of nitrogens with one attached hydrogen (secondary N) is 1. The molecule has 1 heterocycles. The van der Waals surface area contributed by atoms with Crippen LogP contribution in [0.15, 0.2) is 85.7 Å². The highest BCUT2D eigenvalue weighted by atomic mass is 127. The Labute approximate surface area is 299 Å². The minimum absolute atomic E-state index is 0.0296. The highest BCUT2D eigenvalue weighted by molar-refractivity contribution is 14.1. The van der Waals surface area contributed by atoms with Gasteiger partial charge in [-0.15, -0.1) is 5.11 Å². The molecule has 1 aliphatic rings. The van der Waals surface area contributed by atoms with Crippen LogP contribution >= 0.6 is 22.6 Å². The van der Waals surface area contributed by atoms with Crippen LogP contribution in [0.25, 0.3) is 0 Å². The number of aliphatic imine (C=N–C) groups is 1. The molecule has 4 rings (SSSR count). The lowest BCUT2D eigenvalue weighted by Gasteiger charge is -2.26. The number of hydrogen-bond acceptors (Lipinski definition) is 12. The van der Waals surface area contributed by atoms with Crippen molar-refractivity contribution in [2.45, 2.75) is 55.3 Å². The number of carbonyl (C=O) groups excluding carboxylic acids is 1. The Balaban J connectivity index is 1.88. The third-order valence-corrected chi connectivity index (χ3v) is 11.8. The monoisotopic (exact) mass is 827 g/mol. The van der Waals surface area contributed by atoms with E-state index < -0.39 is 59.7 Å². The predicted molar refractivity (Wildman–Crippen MR) is 190 cm³/mol. The molecule has 1 aliphatic heterocycles. The van der Waals surface area contributed by atoms with Gasteiger partial charge in [0.2, 0.25) is 10.0 Å². The van der Waals surface area contributed by atoms with E-state index in [2.05, 4.69) is 20.5 Å². The lowest BCUT2D eigenvalue weighted by Crippen LogP contribution is -2.44. The summed E-state index contributed by atoms with van der Waals surface area (Å²) >= 11 is 1.91. The number of amidine groups is 1. The third-order valence-electron chi connectivity index (χ3n) is 7.07. The Morgan fingerprint density at radius 1 is 0.939 bits per heavy atom. The Bertz CT molecular complexity index is 1880. The number of sulfone groups is 1. The summed E-state index contributed by atoms with van der Waals surface area (Å²) in [6, 6.07) is 15.0. The van der Waals surface area contributed by atoms with Gasteiger partial charge in [-0.2, -0.15) is 9.42 Å². The minimum atomic E-state index is -4.69. The number of azo groups is 1. The molecule has 1 amide bonds. The number of rotatable bonds is 14. The van der Waals surface area contributed by atoms with Crippen molar-refractivity contribution < 1.29 is 40.9 Å². The molecule has 14 nitrogen and oxygen atoms in total. The Morgan fingerprint density at radius 3 is 1.94 bits per heavy atom. The van der Waals surface area contributed by atoms with Gasteiger partial charge in [0.15, 0.2) is 22.3 Å². The zero-order chi connectivity index (χ0) is 36.0. The largest absolute Gasteiger partial charge is 0.497 e. The van der Waals surface area contributed by atoms with E-state index >= 15 is 8.42 Å². The van der Waals surface area contributed by atoms with Gasteiger partial charge in [-0.05, 0) is 90.9 Å². The second-order valence-electron chi connectivity index (χ2n) is 11.9. The lowest BCUT2D eigenvalue weighted by atomic mass is 10.2. The predicted octanol–water partition coefficient (Wildman–Crippen LogP) is 4.53. The lowest BCUT2D eigenvalue weighted by molar-refractivity contribution is 0.0490. The minimum Gasteiger partial charge on any atom is -0.497 e. The summed E-state index contributed by atoms with van der Waals surface area (Å²) in [5.74, 6) is 0.268. The maximum absolute atomic E-state index is 15.0. The van der Waals surface area contributed by atoms with Gasteiger partial charge in [0.1, 0.15) is 22.0 Å². The normalized spacial score (nSPS) is 14.0. The Hall–Kier alpha value is -3.65. The fourth-order valence-corrected chi connectivity index (χ4v) is 9.61. The SMILES string of the molecule is COc1ccc(CN(Cc2ccc(OC)cc2)S(=O)(=O)c2c(S(=O)(=O)C[C@H](CO)NC(=O)OC(C)(C)C)ccc(I)c2C2=NCN=N2)cc1. The smallest absolute Gasteiger partial charge is 0.407 e. The molecule has 49 heavy (non-hydrogen) atoms. The number of amides is 1. The summed E-state index contributed by atoms with van der Waals surface area (Å²) in [5.41, 5.74) is 0.296. The molecular formula is C32H38IN5O9S2. The molecule has 1 atom stereocenters. The van der Waals surface area contributed by atoms with Crippen LogP contribution in [0.5, 0.6) is 11.5 Å². The first-order chi connectivity index (χ1) is 23.1. The summed E-state index contributed by atoms with van der Waals surface area (Å²) in [7, 11) is -6.20. The van der Waals surface area contributed by atoms with E-state index in [1.807, 2.05) is 22.6 Å². The summed E-state index contributed by atoms with van der Waals surface area (Å²) in [6.07, 6.45) is -0.941. The van der Waals surface area contributed by atoms with Gasteiger partial charge >= 0.3 is 6.09 Å². The van der Waals surface area contributed by atoms with Crippen LogP contribution in [0, 0.1) is 3.57 Å². The van der Waals surface area contributed by atoms with E-state index in [1.54, 1.807) is 69.3 Å². The highest BCUT2D eigenvalue weighted by Crippen LogP contribution is 2.35. The second kappa shape index (κ2) is 15.9. The van der Waals surface area contributed by atoms with E-state index in [9.17, 15) is 18.3 Å². The fourth-order valence-electron chi connectivity index (χ4n) is 4.80. The summed E-state index contributed by atoms with van der Waals surface area (Å²) < 4.78 is 75.7. The molecule has 0 radical (unpaired) electrons. The van der Waals surface area contributed by atoms with Crippen LogP contribution in [0.1, 0.15) is 37.5 Å².